The van der Waals surface area contributed by atoms with Crippen LogP contribution in [0.1, 0.15) is 22.8 Å². The Morgan fingerprint density at radius 3 is 2.50 bits per heavy atom. The number of benzene rings is 1. The van der Waals surface area contributed by atoms with Gasteiger partial charge in [-0.05, 0) is 13.0 Å². The molecule has 14 heavy (non-hydrogen) atoms. The highest BCUT2D eigenvalue weighted by molar-refractivity contribution is 6.23. The molecule has 1 aromatic rings. The van der Waals surface area contributed by atoms with Crippen LogP contribution in [0.4, 0.5) is 0 Å². The van der Waals surface area contributed by atoms with Crippen molar-refractivity contribution in [1.82, 2.24) is 4.90 Å². The minimum absolute atomic E-state index is 0.0590. The first-order chi connectivity index (χ1) is 6.79. The molecule has 0 radical (unpaired) electrons. The van der Waals surface area contributed by atoms with Crippen molar-refractivity contribution in [2.75, 3.05) is 13.6 Å². The van der Waals surface area contributed by atoms with E-state index in [1.807, 2.05) is 31.2 Å². The number of amides is 1. The first-order valence-corrected chi connectivity index (χ1v) is 4.67. The van der Waals surface area contributed by atoms with Crippen LogP contribution in [0.15, 0.2) is 29.3 Å². The van der Waals surface area contributed by atoms with E-state index < -0.39 is 0 Å². The van der Waals surface area contributed by atoms with Crippen LogP contribution in [0.25, 0.3) is 0 Å². The molecule has 0 fully saturated rings. The van der Waals surface area contributed by atoms with Gasteiger partial charge in [-0.3, -0.25) is 14.7 Å². The third-order valence-electron chi connectivity index (χ3n) is 2.43. The Labute approximate surface area is 83.1 Å². The molecule has 3 heteroatoms. The summed E-state index contributed by atoms with van der Waals surface area (Å²) in [6.45, 7) is 2.62. The molecule has 72 valence electrons. The van der Waals surface area contributed by atoms with E-state index in [9.17, 15) is 4.79 Å². The van der Waals surface area contributed by atoms with Gasteiger partial charge in [0, 0.05) is 19.2 Å². The molecule has 0 aromatic heterocycles. The van der Waals surface area contributed by atoms with E-state index in [1.165, 1.54) is 0 Å². The van der Waals surface area contributed by atoms with Crippen LogP contribution in [-0.4, -0.2) is 30.2 Å². The Balaban J connectivity index is 2.60. The molecule has 0 spiro atoms. The van der Waals surface area contributed by atoms with Gasteiger partial charge in [0.1, 0.15) is 5.84 Å². The summed E-state index contributed by atoms with van der Waals surface area (Å²) >= 11 is 0. The lowest BCUT2D eigenvalue weighted by Gasteiger charge is -2.13. The molecule has 1 heterocycles. The maximum Gasteiger partial charge on any atom is 0.260 e. The van der Waals surface area contributed by atoms with Gasteiger partial charge < -0.3 is 0 Å². The van der Waals surface area contributed by atoms with Crippen molar-refractivity contribution in [3.8, 4) is 0 Å². The van der Waals surface area contributed by atoms with Crippen molar-refractivity contribution in [2.24, 2.45) is 4.99 Å². The Hall–Kier alpha value is -1.64. The standard InChI is InChI=1S/C11H12N2O/c1-3-13-10(12-2)8-6-4-5-7-9(8)11(13)14/h4-7H,3H2,1-2H3/b12-10+. The summed E-state index contributed by atoms with van der Waals surface area (Å²) in [5.41, 5.74) is 1.71. The van der Waals surface area contributed by atoms with Crippen LogP contribution in [0.3, 0.4) is 0 Å². The van der Waals surface area contributed by atoms with E-state index in [0.29, 0.717) is 6.54 Å². The van der Waals surface area contributed by atoms with Crippen molar-refractivity contribution in [3.63, 3.8) is 0 Å². The van der Waals surface area contributed by atoms with Crippen LogP contribution in [0, 0.1) is 0 Å². The number of rotatable bonds is 1. The Bertz CT molecular complexity index is 410. The smallest absolute Gasteiger partial charge is 0.260 e. The quantitative estimate of drug-likeness (QED) is 0.658. The molecule has 0 saturated carbocycles. The van der Waals surface area contributed by atoms with Gasteiger partial charge >= 0.3 is 0 Å². The maximum absolute atomic E-state index is 11.8. The zero-order valence-electron chi connectivity index (χ0n) is 8.32. The molecule has 0 saturated heterocycles. The minimum atomic E-state index is 0.0590. The Kier molecular flexibility index (Phi) is 2.08. The molecule has 0 N–H and O–H groups in total. The molecule has 1 aliphatic rings. The van der Waals surface area contributed by atoms with Gasteiger partial charge in [-0.15, -0.1) is 0 Å². The predicted molar refractivity (Wildman–Crippen MR) is 55.6 cm³/mol. The molecule has 1 aromatic carbocycles. The third kappa shape index (κ3) is 1.05. The van der Waals surface area contributed by atoms with Gasteiger partial charge in [0.05, 0.1) is 5.56 Å². The average molecular weight is 188 g/mol. The van der Waals surface area contributed by atoms with Crippen LogP contribution in [-0.2, 0) is 0 Å². The number of amidine groups is 1. The van der Waals surface area contributed by atoms with Gasteiger partial charge in [-0.25, -0.2) is 0 Å². The lowest BCUT2D eigenvalue weighted by Crippen LogP contribution is -2.29. The highest BCUT2D eigenvalue weighted by Crippen LogP contribution is 2.22. The molecule has 3 nitrogen and oxygen atoms in total. The molecule has 1 aliphatic heterocycles. The van der Waals surface area contributed by atoms with Crippen LogP contribution >= 0.6 is 0 Å². The number of fused-ring (bicyclic) bond motifs is 1. The van der Waals surface area contributed by atoms with Crippen molar-refractivity contribution in [2.45, 2.75) is 6.92 Å². The SMILES string of the molecule is CCN1C(=O)c2ccccc2/C1=N\C. The summed E-state index contributed by atoms with van der Waals surface area (Å²) in [5.74, 6) is 0.844. The lowest BCUT2D eigenvalue weighted by atomic mass is 10.1. The molecule has 1 amide bonds. The van der Waals surface area contributed by atoms with Crippen LogP contribution in [0.2, 0.25) is 0 Å². The fourth-order valence-corrected chi connectivity index (χ4v) is 1.79. The lowest BCUT2D eigenvalue weighted by molar-refractivity contribution is 0.0865. The van der Waals surface area contributed by atoms with Crippen LogP contribution in [0.5, 0.6) is 0 Å². The summed E-state index contributed by atoms with van der Waals surface area (Å²) in [6.07, 6.45) is 0. The number of hydrogen-bond acceptors (Lipinski definition) is 2. The molecule has 2 rings (SSSR count). The normalized spacial score (nSPS) is 17.7. The molecule has 0 aliphatic carbocycles. The zero-order chi connectivity index (χ0) is 10.1. The second kappa shape index (κ2) is 3.25. The topological polar surface area (TPSA) is 32.7 Å². The average Bonchev–Trinajstić information content (AvgIpc) is 2.51. The van der Waals surface area contributed by atoms with Crippen molar-refractivity contribution < 1.29 is 4.79 Å². The van der Waals surface area contributed by atoms with Gasteiger partial charge in [-0.1, -0.05) is 18.2 Å². The van der Waals surface area contributed by atoms with E-state index >= 15 is 0 Å². The van der Waals surface area contributed by atoms with Crippen molar-refractivity contribution >= 4 is 11.7 Å². The zero-order valence-corrected chi connectivity index (χ0v) is 8.32. The first-order valence-electron chi connectivity index (χ1n) is 4.67. The third-order valence-corrected chi connectivity index (χ3v) is 2.43. The van der Waals surface area contributed by atoms with E-state index in [1.54, 1.807) is 11.9 Å². The number of carbonyl (C=O) groups is 1. The Morgan fingerprint density at radius 2 is 1.93 bits per heavy atom. The molecule has 0 bridgehead atoms. The fraction of sp³-hybridized carbons (Fsp3) is 0.273. The molecule has 0 unspecified atom stereocenters. The largest absolute Gasteiger partial charge is 0.293 e. The molecule has 0 atom stereocenters. The second-order valence-corrected chi connectivity index (χ2v) is 3.14. The van der Waals surface area contributed by atoms with Crippen molar-refractivity contribution in [3.05, 3.63) is 35.4 Å². The predicted octanol–water partition coefficient (Wildman–Crippen LogP) is 1.54. The number of aliphatic imine (C=N–C) groups is 1. The monoisotopic (exact) mass is 188 g/mol. The highest BCUT2D eigenvalue weighted by Gasteiger charge is 2.31. The fourth-order valence-electron chi connectivity index (χ4n) is 1.79. The number of hydrogen-bond donors (Lipinski definition) is 0. The number of carbonyl (C=O) groups excluding carboxylic acids is 1. The van der Waals surface area contributed by atoms with E-state index in [-0.39, 0.29) is 5.91 Å². The number of nitrogens with zero attached hydrogens (tertiary/aromatic N) is 2. The summed E-state index contributed by atoms with van der Waals surface area (Å²) < 4.78 is 0. The summed E-state index contributed by atoms with van der Waals surface area (Å²) in [5, 5.41) is 0. The van der Waals surface area contributed by atoms with Gasteiger partial charge in [0.25, 0.3) is 5.91 Å². The van der Waals surface area contributed by atoms with E-state index in [4.69, 9.17) is 0 Å². The summed E-state index contributed by atoms with van der Waals surface area (Å²) in [6, 6.07) is 7.59. The van der Waals surface area contributed by atoms with Crippen molar-refractivity contribution in [1.29, 1.82) is 0 Å². The summed E-state index contributed by atoms with van der Waals surface area (Å²) in [7, 11) is 1.72. The highest BCUT2D eigenvalue weighted by atomic mass is 16.2. The van der Waals surface area contributed by atoms with Crippen LogP contribution < -0.4 is 0 Å². The molecular formula is C11H12N2O. The van der Waals surface area contributed by atoms with E-state index in [2.05, 4.69) is 4.99 Å². The maximum atomic E-state index is 11.8. The molecular weight excluding hydrogens is 176 g/mol. The minimum Gasteiger partial charge on any atom is -0.293 e. The summed E-state index contributed by atoms with van der Waals surface area (Å²) in [4.78, 5) is 17.7. The second-order valence-electron chi connectivity index (χ2n) is 3.14. The first kappa shape index (κ1) is 8.94. The van der Waals surface area contributed by atoms with E-state index in [0.717, 1.165) is 17.0 Å². The Morgan fingerprint density at radius 1 is 1.29 bits per heavy atom. The van der Waals surface area contributed by atoms with Gasteiger partial charge in [0.15, 0.2) is 0 Å². The van der Waals surface area contributed by atoms with Gasteiger partial charge in [-0.2, -0.15) is 0 Å². The van der Waals surface area contributed by atoms with Gasteiger partial charge in [0.2, 0.25) is 0 Å².